The van der Waals surface area contributed by atoms with Crippen molar-refractivity contribution in [3.63, 3.8) is 0 Å². The lowest BCUT2D eigenvalue weighted by Crippen LogP contribution is -2.19. The molecule has 2 aromatic rings. The van der Waals surface area contributed by atoms with Crippen LogP contribution in [0.3, 0.4) is 0 Å². The molecule has 2 aromatic carbocycles. The first kappa shape index (κ1) is 16.6. The minimum atomic E-state index is 0.0560. The quantitative estimate of drug-likeness (QED) is 0.863. The van der Waals surface area contributed by atoms with Crippen LogP contribution in [0.2, 0.25) is 0 Å². The lowest BCUT2D eigenvalue weighted by Gasteiger charge is -2.17. The Balaban J connectivity index is 2.04. The van der Waals surface area contributed by atoms with Crippen LogP contribution < -0.4 is 5.32 Å². The zero-order valence-electron chi connectivity index (χ0n) is 13.4. The predicted octanol–water partition coefficient (Wildman–Crippen LogP) is 4.75. The molecule has 0 saturated carbocycles. The summed E-state index contributed by atoms with van der Waals surface area (Å²) in [6.07, 6.45) is 0.823. The number of amides is 1. The highest BCUT2D eigenvalue weighted by atomic mass is 32.2. The Labute approximate surface area is 137 Å². The number of nitrogens with one attached hydrogen (secondary N) is 1. The van der Waals surface area contributed by atoms with Gasteiger partial charge in [0.1, 0.15) is 0 Å². The van der Waals surface area contributed by atoms with Gasteiger partial charge in [-0.1, -0.05) is 69.3 Å². The van der Waals surface area contributed by atoms with Crippen molar-refractivity contribution in [3.8, 4) is 0 Å². The SMILES string of the molecule is CC(C)(C)SCC(=O)Nc1ccccc1Cc1ccccc1. The zero-order valence-corrected chi connectivity index (χ0v) is 14.2. The molecule has 0 radical (unpaired) electrons. The molecule has 0 fully saturated rings. The molecule has 0 aliphatic heterocycles. The maximum Gasteiger partial charge on any atom is 0.234 e. The van der Waals surface area contributed by atoms with E-state index in [0.717, 1.165) is 17.7 Å². The molecule has 0 heterocycles. The molecule has 0 aromatic heterocycles. The fourth-order valence-corrected chi connectivity index (χ4v) is 2.72. The molecule has 0 aliphatic rings. The molecule has 1 amide bonds. The van der Waals surface area contributed by atoms with Gasteiger partial charge in [0.05, 0.1) is 5.75 Å². The highest BCUT2D eigenvalue weighted by molar-refractivity contribution is 8.01. The lowest BCUT2D eigenvalue weighted by atomic mass is 10.0. The molecule has 0 spiro atoms. The molecular weight excluding hydrogens is 290 g/mol. The van der Waals surface area contributed by atoms with Crippen LogP contribution in [-0.4, -0.2) is 16.4 Å². The van der Waals surface area contributed by atoms with Gasteiger partial charge >= 0.3 is 0 Å². The van der Waals surface area contributed by atoms with Gasteiger partial charge in [0, 0.05) is 10.4 Å². The maximum atomic E-state index is 12.1. The molecule has 0 atom stereocenters. The van der Waals surface area contributed by atoms with Crippen LogP contribution in [0.15, 0.2) is 54.6 Å². The smallest absolute Gasteiger partial charge is 0.234 e. The van der Waals surface area contributed by atoms with Crippen molar-refractivity contribution >= 4 is 23.4 Å². The second kappa shape index (κ2) is 7.50. The number of benzene rings is 2. The first-order valence-corrected chi connectivity index (χ1v) is 8.48. The monoisotopic (exact) mass is 313 g/mol. The molecule has 0 aliphatic carbocycles. The standard InChI is InChI=1S/C19H23NOS/c1-19(2,3)22-14-18(21)20-17-12-8-7-11-16(17)13-15-9-5-4-6-10-15/h4-12H,13-14H2,1-3H3,(H,20,21). The van der Waals surface area contributed by atoms with Crippen LogP contribution >= 0.6 is 11.8 Å². The summed E-state index contributed by atoms with van der Waals surface area (Å²) in [6.45, 7) is 6.36. The fraction of sp³-hybridized carbons (Fsp3) is 0.316. The summed E-state index contributed by atoms with van der Waals surface area (Å²) in [7, 11) is 0. The lowest BCUT2D eigenvalue weighted by molar-refractivity contribution is -0.113. The molecule has 0 bridgehead atoms. The number of hydrogen-bond acceptors (Lipinski definition) is 2. The molecule has 3 heteroatoms. The molecule has 0 unspecified atom stereocenters. The summed E-state index contributed by atoms with van der Waals surface area (Å²) in [5, 5.41) is 3.04. The van der Waals surface area contributed by atoms with Crippen LogP contribution in [-0.2, 0) is 11.2 Å². The number of anilines is 1. The number of rotatable bonds is 5. The van der Waals surface area contributed by atoms with Crippen molar-refractivity contribution in [1.82, 2.24) is 0 Å². The van der Waals surface area contributed by atoms with Gasteiger partial charge in [-0.25, -0.2) is 0 Å². The fourth-order valence-electron chi connectivity index (χ4n) is 2.08. The largest absolute Gasteiger partial charge is 0.325 e. The first-order valence-electron chi connectivity index (χ1n) is 7.50. The third-order valence-electron chi connectivity index (χ3n) is 3.17. The first-order chi connectivity index (χ1) is 10.4. The zero-order chi connectivity index (χ0) is 16.0. The van der Waals surface area contributed by atoms with Crippen molar-refractivity contribution in [2.24, 2.45) is 0 Å². The molecule has 22 heavy (non-hydrogen) atoms. The number of hydrogen-bond donors (Lipinski definition) is 1. The van der Waals surface area contributed by atoms with Crippen LogP contribution in [0.5, 0.6) is 0 Å². The number of carbonyl (C=O) groups is 1. The minimum Gasteiger partial charge on any atom is -0.325 e. The Morgan fingerprint density at radius 3 is 2.32 bits per heavy atom. The van der Waals surface area contributed by atoms with Crippen molar-refractivity contribution in [2.45, 2.75) is 31.9 Å². The maximum absolute atomic E-state index is 12.1. The molecule has 0 saturated heterocycles. The molecule has 2 nitrogen and oxygen atoms in total. The molecule has 1 N–H and O–H groups in total. The topological polar surface area (TPSA) is 29.1 Å². The predicted molar refractivity (Wildman–Crippen MR) is 96.5 cm³/mol. The summed E-state index contributed by atoms with van der Waals surface area (Å²) in [5.74, 6) is 0.531. The summed E-state index contributed by atoms with van der Waals surface area (Å²) in [6, 6.07) is 18.3. The van der Waals surface area contributed by atoms with E-state index in [4.69, 9.17) is 0 Å². The second-order valence-electron chi connectivity index (χ2n) is 6.27. The van der Waals surface area contributed by atoms with E-state index >= 15 is 0 Å². The normalized spacial score (nSPS) is 11.2. The van der Waals surface area contributed by atoms with Crippen LogP contribution in [0, 0.1) is 0 Å². The van der Waals surface area contributed by atoms with Crippen LogP contribution in [0.1, 0.15) is 31.9 Å². The highest BCUT2D eigenvalue weighted by Crippen LogP contribution is 2.24. The Kier molecular flexibility index (Phi) is 5.67. The van der Waals surface area contributed by atoms with Gasteiger partial charge in [0.25, 0.3) is 0 Å². The van der Waals surface area contributed by atoms with E-state index in [2.05, 4.69) is 44.3 Å². The van der Waals surface area contributed by atoms with Gasteiger partial charge in [-0.05, 0) is 23.6 Å². The van der Waals surface area contributed by atoms with Gasteiger partial charge in [-0.15, -0.1) is 11.8 Å². The summed E-state index contributed by atoms with van der Waals surface area (Å²) >= 11 is 1.66. The Morgan fingerprint density at radius 2 is 1.64 bits per heavy atom. The van der Waals surface area contributed by atoms with Crippen molar-refractivity contribution in [3.05, 3.63) is 65.7 Å². The molecule has 116 valence electrons. The number of para-hydroxylation sites is 1. The average molecular weight is 313 g/mol. The van der Waals surface area contributed by atoms with Gasteiger partial charge in [0.15, 0.2) is 0 Å². The van der Waals surface area contributed by atoms with E-state index in [-0.39, 0.29) is 10.7 Å². The highest BCUT2D eigenvalue weighted by Gasteiger charge is 2.14. The van der Waals surface area contributed by atoms with E-state index in [1.807, 2.05) is 36.4 Å². The van der Waals surface area contributed by atoms with E-state index < -0.39 is 0 Å². The van der Waals surface area contributed by atoms with E-state index in [1.54, 1.807) is 11.8 Å². The Bertz CT molecular complexity index is 617. The van der Waals surface area contributed by atoms with Gasteiger partial charge in [-0.3, -0.25) is 4.79 Å². The van der Waals surface area contributed by atoms with E-state index in [0.29, 0.717) is 5.75 Å². The van der Waals surface area contributed by atoms with Crippen molar-refractivity contribution in [1.29, 1.82) is 0 Å². The average Bonchev–Trinajstić information content (AvgIpc) is 2.48. The minimum absolute atomic E-state index is 0.0560. The van der Waals surface area contributed by atoms with Crippen molar-refractivity contribution < 1.29 is 4.79 Å². The number of carbonyl (C=O) groups excluding carboxylic acids is 1. The van der Waals surface area contributed by atoms with Gasteiger partial charge in [-0.2, -0.15) is 0 Å². The van der Waals surface area contributed by atoms with Crippen molar-refractivity contribution in [2.75, 3.05) is 11.1 Å². The Morgan fingerprint density at radius 1 is 1.00 bits per heavy atom. The van der Waals surface area contributed by atoms with E-state index in [9.17, 15) is 4.79 Å². The second-order valence-corrected chi connectivity index (χ2v) is 8.07. The third-order valence-corrected chi connectivity index (χ3v) is 4.44. The van der Waals surface area contributed by atoms with E-state index in [1.165, 1.54) is 5.56 Å². The summed E-state index contributed by atoms with van der Waals surface area (Å²) < 4.78 is 0.0981. The van der Waals surface area contributed by atoms with Crippen LogP contribution in [0.4, 0.5) is 5.69 Å². The third kappa shape index (κ3) is 5.57. The van der Waals surface area contributed by atoms with Gasteiger partial charge in [0.2, 0.25) is 5.91 Å². The van der Waals surface area contributed by atoms with Crippen LogP contribution in [0.25, 0.3) is 0 Å². The number of thioether (sulfide) groups is 1. The molecule has 2 rings (SSSR count). The van der Waals surface area contributed by atoms with Gasteiger partial charge < -0.3 is 5.32 Å². The molecular formula is C19H23NOS. The summed E-state index contributed by atoms with van der Waals surface area (Å²) in [4.78, 5) is 12.1. The Hall–Kier alpha value is -1.74. The summed E-state index contributed by atoms with van der Waals surface area (Å²) in [5.41, 5.74) is 3.29.